The molecule has 0 atom stereocenters. The molecule has 0 bridgehead atoms. The summed E-state index contributed by atoms with van der Waals surface area (Å²) in [5.41, 5.74) is 2.16. The maximum Gasteiger partial charge on any atom is 0.328 e. The predicted molar refractivity (Wildman–Crippen MR) is 111 cm³/mol. The third kappa shape index (κ3) is 4.26. The van der Waals surface area contributed by atoms with Gasteiger partial charge in [-0.1, -0.05) is 54.6 Å². The second kappa shape index (κ2) is 7.99. The molecular formula is C23H23F2N3O2. The first-order valence-corrected chi connectivity index (χ1v) is 9.89. The molecule has 1 aliphatic rings. The number of hydrogen-bond acceptors (Lipinski definition) is 3. The number of halogens is 2. The Hall–Kier alpha value is -3.06. The molecule has 2 aromatic carbocycles. The Morgan fingerprint density at radius 1 is 0.967 bits per heavy atom. The molecular weight excluding hydrogens is 388 g/mol. The number of rotatable bonds is 5. The minimum absolute atomic E-state index is 0.0374. The molecule has 156 valence electrons. The van der Waals surface area contributed by atoms with Crippen molar-refractivity contribution in [3.05, 3.63) is 103 Å². The van der Waals surface area contributed by atoms with E-state index in [9.17, 15) is 18.4 Å². The molecule has 5 nitrogen and oxygen atoms in total. The van der Waals surface area contributed by atoms with Gasteiger partial charge in [0, 0.05) is 44.2 Å². The molecule has 0 amide bonds. The molecule has 0 spiro atoms. The van der Waals surface area contributed by atoms with Crippen LogP contribution in [0.1, 0.15) is 34.9 Å². The molecule has 0 radical (unpaired) electrons. The van der Waals surface area contributed by atoms with E-state index in [1.54, 1.807) is 0 Å². The summed E-state index contributed by atoms with van der Waals surface area (Å²) in [5.74, 6) is -2.93. The van der Waals surface area contributed by atoms with Gasteiger partial charge in [0.05, 0.1) is 12.1 Å². The fraction of sp³-hybridized carbons (Fsp3) is 0.304. The Bertz CT molecular complexity index is 1150. The Morgan fingerprint density at radius 3 is 2.30 bits per heavy atom. The van der Waals surface area contributed by atoms with Gasteiger partial charge < -0.3 is 4.98 Å². The third-order valence-electron chi connectivity index (χ3n) is 5.48. The molecule has 1 aliphatic heterocycles. The van der Waals surface area contributed by atoms with E-state index in [1.165, 1.54) is 29.8 Å². The lowest BCUT2D eigenvalue weighted by molar-refractivity contribution is 0.0174. The number of hydrogen-bond donors (Lipinski definition) is 1. The molecule has 0 saturated carbocycles. The molecule has 30 heavy (non-hydrogen) atoms. The molecule has 3 aromatic rings. The first kappa shape index (κ1) is 20.2. The summed E-state index contributed by atoms with van der Waals surface area (Å²) < 4.78 is 28.0. The van der Waals surface area contributed by atoms with Crippen molar-refractivity contribution < 1.29 is 8.78 Å². The van der Waals surface area contributed by atoms with Crippen molar-refractivity contribution in [2.45, 2.75) is 38.9 Å². The summed E-state index contributed by atoms with van der Waals surface area (Å²) in [5, 5.41) is 0. The lowest BCUT2D eigenvalue weighted by atomic mass is 10.1. The fourth-order valence-electron chi connectivity index (χ4n) is 3.81. The Labute approximate surface area is 172 Å². The Kier molecular flexibility index (Phi) is 5.39. The number of fused-ring (bicyclic) bond motifs is 1. The average Bonchev–Trinajstić information content (AvgIpc) is 2.72. The molecule has 1 aromatic heterocycles. The van der Waals surface area contributed by atoms with Crippen molar-refractivity contribution in [2.75, 3.05) is 6.54 Å². The van der Waals surface area contributed by atoms with Gasteiger partial charge in [0.2, 0.25) is 0 Å². The van der Waals surface area contributed by atoms with E-state index < -0.39 is 11.6 Å². The molecule has 0 fully saturated rings. The minimum atomic E-state index is -2.93. The van der Waals surface area contributed by atoms with Crippen LogP contribution in [0.4, 0.5) is 8.78 Å². The van der Waals surface area contributed by atoms with Gasteiger partial charge in [0.1, 0.15) is 0 Å². The summed E-state index contributed by atoms with van der Waals surface area (Å²) in [6.45, 7) is 2.82. The summed E-state index contributed by atoms with van der Waals surface area (Å²) >= 11 is 0. The second-order valence-corrected chi connectivity index (χ2v) is 7.81. The van der Waals surface area contributed by atoms with Crippen LogP contribution in [0.15, 0.2) is 64.2 Å². The van der Waals surface area contributed by atoms with Crippen molar-refractivity contribution in [3.63, 3.8) is 0 Å². The van der Waals surface area contributed by atoms with Crippen LogP contribution in [-0.4, -0.2) is 21.0 Å². The van der Waals surface area contributed by atoms with Crippen molar-refractivity contribution >= 4 is 0 Å². The Morgan fingerprint density at radius 2 is 1.63 bits per heavy atom. The number of aromatic nitrogens is 2. The van der Waals surface area contributed by atoms with Crippen LogP contribution in [0.5, 0.6) is 0 Å². The van der Waals surface area contributed by atoms with E-state index in [1.807, 2.05) is 30.3 Å². The highest BCUT2D eigenvalue weighted by molar-refractivity contribution is 5.27. The van der Waals surface area contributed by atoms with Gasteiger partial charge in [0.25, 0.3) is 11.5 Å². The zero-order chi connectivity index (χ0) is 21.3. The minimum Gasteiger partial charge on any atom is -0.311 e. The smallest absolute Gasteiger partial charge is 0.311 e. The fourth-order valence-corrected chi connectivity index (χ4v) is 3.81. The lowest BCUT2D eigenvalue weighted by Crippen LogP contribution is -2.43. The van der Waals surface area contributed by atoms with Gasteiger partial charge in [-0.15, -0.1) is 0 Å². The Balaban J connectivity index is 1.58. The summed E-state index contributed by atoms with van der Waals surface area (Å²) in [6, 6.07) is 15.7. The average molecular weight is 411 g/mol. The van der Waals surface area contributed by atoms with Gasteiger partial charge in [-0.05, 0) is 11.1 Å². The molecule has 2 heterocycles. The van der Waals surface area contributed by atoms with Crippen molar-refractivity contribution in [1.82, 2.24) is 14.5 Å². The molecule has 0 aliphatic carbocycles. The van der Waals surface area contributed by atoms with Crippen molar-refractivity contribution in [1.29, 1.82) is 0 Å². The molecule has 1 N–H and O–H groups in total. The second-order valence-electron chi connectivity index (χ2n) is 7.81. The zero-order valence-corrected chi connectivity index (χ0v) is 16.7. The normalized spacial score (nSPS) is 14.5. The van der Waals surface area contributed by atoms with Crippen LogP contribution in [0, 0.1) is 0 Å². The van der Waals surface area contributed by atoms with E-state index >= 15 is 0 Å². The van der Waals surface area contributed by atoms with Crippen LogP contribution in [0.2, 0.25) is 0 Å². The van der Waals surface area contributed by atoms with E-state index in [4.69, 9.17) is 0 Å². The number of alkyl halides is 2. The summed E-state index contributed by atoms with van der Waals surface area (Å²) in [4.78, 5) is 30.6. The van der Waals surface area contributed by atoms with Gasteiger partial charge >= 0.3 is 5.69 Å². The standard InChI is InChI=1S/C23H23F2N3O2/c1-23(24,25)18-9-7-17(8-10-18)14-28-21(29)19-15-27(12-11-20(19)26-22(28)30)13-16-5-3-2-4-6-16/h2-10H,11-15H2,1H3,(H,26,30). The van der Waals surface area contributed by atoms with E-state index in [2.05, 4.69) is 9.88 Å². The molecule has 7 heteroatoms. The third-order valence-corrected chi connectivity index (χ3v) is 5.48. The van der Waals surface area contributed by atoms with Crippen LogP contribution in [-0.2, 0) is 32.0 Å². The van der Waals surface area contributed by atoms with Crippen LogP contribution >= 0.6 is 0 Å². The van der Waals surface area contributed by atoms with Crippen molar-refractivity contribution in [2.24, 2.45) is 0 Å². The van der Waals surface area contributed by atoms with Gasteiger partial charge in [-0.2, -0.15) is 0 Å². The van der Waals surface area contributed by atoms with Crippen LogP contribution < -0.4 is 11.2 Å². The summed E-state index contributed by atoms with van der Waals surface area (Å²) in [6.07, 6.45) is 0.605. The monoisotopic (exact) mass is 411 g/mol. The highest BCUT2D eigenvalue weighted by Crippen LogP contribution is 2.26. The number of benzene rings is 2. The maximum atomic E-state index is 13.4. The van der Waals surface area contributed by atoms with Crippen molar-refractivity contribution in [3.8, 4) is 0 Å². The lowest BCUT2D eigenvalue weighted by Gasteiger charge is -2.28. The first-order chi connectivity index (χ1) is 14.3. The van der Waals surface area contributed by atoms with Crippen LogP contribution in [0.25, 0.3) is 0 Å². The van der Waals surface area contributed by atoms with E-state index in [-0.39, 0.29) is 17.7 Å². The van der Waals surface area contributed by atoms with Gasteiger partial charge in [-0.25, -0.2) is 13.6 Å². The van der Waals surface area contributed by atoms with Gasteiger partial charge in [0.15, 0.2) is 0 Å². The quantitative estimate of drug-likeness (QED) is 0.701. The summed E-state index contributed by atoms with van der Waals surface area (Å²) in [7, 11) is 0. The van der Waals surface area contributed by atoms with E-state index in [0.717, 1.165) is 24.6 Å². The van der Waals surface area contributed by atoms with E-state index in [0.29, 0.717) is 29.8 Å². The number of nitrogens with zero attached hydrogens (tertiary/aromatic N) is 2. The molecule has 0 unspecified atom stereocenters. The van der Waals surface area contributed by atoms with Crippen LogP contribution in [0.3, 0.4) is 0 Å². The number of nitrogens with one attached hydrogen (secondary N) is 1. The highest BCUT2D eigenvalue weighted by atomic mass is 19.3. The largest absolute Gasteiger partial charge is 0.328 e. The maximum absolute atomic E-state index is 13.4. The number of H-pyrrole nitrogens is 1. The highest BCUT2D eigenvalue weighted by Gasteiger charge is 2.24. The first-order valence-electron chi connectivity index (χ1n) is 9.89. The molecule has 4 rings (SSSR count). The SMILES string of the molecule is CC(F)(F)c1ccc(Cn2c(=O)[nH]c3c(c2=O)CN(Cc2ccccc2)CC3)cc1. The predicted octanol–water partition coefficient (Wildman–Crippen LogP) is 3.25. The zero-order valence-electron chi connectivity index (χ0n) is 16.7. The topological polar surface area (TPSA) is 58.1 Å². The number of aromatic amines is 1. The molecule has 0 saturated heterocycles. The van der Waals surface area contributed by atoms with Gasteiger partial charge in [-0.3, -0.25) is 14.3 Å².